The minimum Gasteiger partial charge on any atom is -0.369 e. The van der Waals surface area contributed by atoms with Gasteiger partial charge >= 0.3 is 0 Å². The van der Waals surface area contributed by atoms with Crippen molar-refractivity contribution in [1.82, 2.24) is 0 Å². The molecule has 0 N–H and O–H groups in total. The lowest BCUT2D eigenvalue weighted by molar-refractivity contribution is -0.107. The van der Waals surface area contributed by atoms with Crippen molar-refractivity contribution in [2.45, 2.75) is 96.2 Å². The van der Waals surface area contributed by atoms with Crippen molar-refractivity contribution in [3.8, 4) is 0 Å². The van der Waals surface area contributed by atoms with Crippen LogP contribution in [0.2, 0.25) is 0 Å². The van der Waals surface area contributed by atoms with E-state index in [0.717, 1.165) is 25.5 Å². The van der Waals surface area contributed by atoms with Crippen LogP contribution in [-0.2, 0) is 9.53 Å². The first-order valence-corrected chi connectivity index (χ1v) is 8.62. The van der Waals surface area contributed by atoms with E-state index in [1.54, 1.807) is 0 Å². The number of epoxide rings is 1. The van der Waals surface area contributed by atoms with Crippen molar-refractivity contribution in [1.29, 1.82) is 0 Å². The fourth-order valence-electron chi connectivity index (χ4n) is 2.60. The van der Waals surface area contributed by atoms with Crippen LogP contribution in [0.25, 0.3) is 0 Å². The molecule has 0 aliphatic carbocycles. The molecule has 0 aromatic heterocycles. The number of allylic oxidation sites excluding steroid dienone is 1. The molecule has 2 atom stereocenters. The molecule has 2 nitrogen and oxygen atoms in total. The predicted octanol–water partition coefficient (Wildman–Crippen LogP) is 5.21. The summed E-state index contributed by atoms with van der Waals surface area (Å²) in [6.45, 7) is 2.25. The molecule has 0 amide bonds. The molecular weight excluding hydrogens is 248 g/mol. The quantitative estimate of drug-likeness (QED) is 0.189. The molecule has 116 valence electrons. The van der Waals surface area contributed by atoms with E-state index in [-0.39, 0.29) is 0 Å². The molecule has 1 rings (SSSR count). The van der Waals surface area contributed by atoms with E-state index in [9.17, 15) is 4.79 Å². The van der Waals surface area contributed by atoms with Crippen molar-refractivity contribution >= 4 is 6.29 Å². The molecule has 1 aliphatic rings. The highest BCUT2D eigenvalue weighted by Gasteiger charge is 2.36. The van der Waals surface area contributed by atoms with Crippen molar-refractivity contribution in [3.05, 3.63) is 12.2 Å². The molecular formula is C18H32O2. The molecule has 2 unspecified atom stereocenters. The zero-order valence-corrected chi connectivity index (χ0v) is 13.2. The molecule has 1 heterocycles. The average Bonchev–Trinajstić information content (AvgIpc) is 3.20. The van der Waals surface area contributed by atoms with E-state index in [2.05, 4.69) is 19.1 Å². The largest absolute Gasteiger partial charge is 0.369 e. The van der Waals surface area contributed by atoms with Crippen molar-refractivity contribution in [3.63, 3.8) is 0 Å². The molecule has 1 saturated heterocycles. The molecule has 0 aromatic rings. The Morgan fingerprint density at radius 3 is 2.35 bits per heavy atom. The van der Waals surface area contributed by atoms with Crippen molar-refractivity contribution in [2.75, 3.05) is 0 Å². The first kappa shape index (κ1) is 17.4. The fraction of sp³-hybridized carbons (Fsp3) is 0.833. The molecule has 2 heteroatoms. The Balaban J connectivity index is 1.80. The van der Waals surface area contributed by atoms with Crippen molar-refractivity contribution < 1.29 is 9.53 Å². The van der Waals surface area contributed by atoms with E-state index in [4.69, 9.17) is 4.74 Å². The first-order valence-electron chi connectivity index (χ1n) is 8.62. The maximum absolute atomic E-state index is 10.1. The van der Waals surface area contributed by atoms with Gasteiger partial charge in [-0.15, -0.1) is 0 Å². The van der Waals surface area contributed by atoms with Gasteiger partial charge in [-0.05, 0) is 32.1 Å². The number of hydrogen-bond donors (Lipinski definition) is 0. The lowest BCUT2D eigenvalue weighted by Crippen LogP contribution is -1.92. The summed E-state index contributed by atoms with van der Waals surface area (Å²) in [5.41, 5.74) is 0. The van der Waals surface area contributed by atoms with E-state index in [0.29, 0.717) is 12.2 Å². The van der Waals surface area contributed by atoms with Crippen LogP contribution < -0.4 is 0 Å². The van der Waals surface area contributed by atoms with Gasteiger partial charge in [-0.2, -0.15) is 0 Å². The third-order valence-corrected chi connectivity index (χ3v) is 4.01. The Labute approximate surface area is 125 Å². The third-order valence-electron chi connectivity index (χ3n) is 4.01. The lowest BCUT2D eigenvalue weighted by atomic mass is 10.1. The van der Waals surface area contributed by atoms with Gasteiger partial charge in [-0.25, -0.2) is 0 Å². The summed E-state index contributed by atoms with van der Waals surface area (Å²) >= 11 is 0. The molecule has 0 saturated carbocycles. The van der Waals surface area contributed by atoms with Gasteiger partial charge in [-0.1, -0.05) is 57.6 Å². The van der Waals surface area contributed by atoms with E-state index < -0.39 is 0 Å². The molecule has 1 aliphatic heterocycles. The molecule has 0 radical (unpaired) electrons. The van der Waals surface area contributed by atoms with E-state index in [1.165, 1.54) is 57.8 Å². The summed E-state index contributed by atoms with van der Waals surface area (Å²) in [4.78, 5) is 10.1. The Kier molecular flexibility index (Phi) is 10.6. The summed E-state index contributed by atoms with van der Waals surface area (Å²) < 4.78 is 5.67. The Morgan fingerprint density at radius 1 is 0.850 bits per heavy atom. The van der Waals surface area contributed by atoms with Crippen LogP contribution in [0.4, 0.5) is 0 Å². The highest BCUT2D eigenvalue weighted by Crippen LogP contribution is 2.30. The molecule has 0 spiro atoms. The summed E-state index contributed by atoms with van der Waals surface area (Å²) in [6, 6.07) is 0. The van der Waals surface area contributed by atoms with Crippen molar-refractivity contribution in [2.24, 2.45) is 0 Å². The summed E-state index contributed by atoms with van der Waals surface area (Å²) in [6.07, 6.45) is 21.1. The van der Waals surface area contributed by atoms with Gasteiger partial charge in [0.05, 0.1) is 12.2 Å². The topological polar surface area (TPSA) is 29.6 Å². The minimum absolute atomic E-state index is 0.520. The molecule has 0 bridgehead atoms. The number of carbonyl (C=O) groups is 1. The Morgan fingerprint density at radius 2 is 1.60 bits per heavy atom. The number of carbonyl (C=O) groups excluding carboxylic acids is 1. The normalized spacial score (nSPS) is 21.4. The number of unbranched alkanes of at least 4 members (excludes halogenated alkanes) is 8. The monoisotopic (exact) mass is 280 g/mol. The Bertz CT molecular complexity index is 260. The van der Waals surface area contributed by atoms with Crippen LogP contribution in [0.1, 0.15) is 84.0 Å². The van der Waals surface area contributed by atoms with Crippen LogP contribution in [0.3, 0.4) is 0 Å². The second-order valence-electron chi connectivity index (χ2n) is 5.93. The maximum Gasteiger partial charge on any atom is 0.119 e. The predicted molar refractivity (Wildman–Crippen MR) is 84.9 cm³/mol. The second-order valence-corrected chi connectivity index (χ2v) is 5.93. The fourth-order valence-corrected chi connectivity index (χ4v) is 2.60. The van der Waals surface area contributed by atoms with Gasteiger partial charge in [0.1, 0.15) is 6.29 Å². The highest BCUT2D eigenvalue weighted by molar-refractivity contribution is 5.48. The number of rotatable bonds is 14. The van der Waals surface area contributed by atoms with Crippen LogP contribution in [0, 0.1) is 0 Å². The number of ether oxygens (including phenoxy) is 1. The summed E-state index contributed by atoms with van der Waals surface area (Å²) in [5, 5.41) is 0. The van der Waals surface area contributed by atoms with Crippen LogP contribution >= 0.6 is 0 Å². The smallest absolute Gasteiger partial charge is 0.119 e. The van der Waals surface area contributed by atoms with Gasteiger partial charge in [-0.3, -0.25) is 0 Å². The van der Waals surface area contributed by atoms with Crippen LogP contribution in [-0.4, -0.2) is 18.5 Å². The number of hydrogen-bond acceptors (Lipinski definition) is 2. The van der Waals surface area contributed by atoms with E-state index in [1.807, 2.05) is 0 Å². The van der Waals surface area contributed by atoms with Gasteiger partial charge in [0.2, 0.25) is 0 Å². The zero-order valence-electron chi connectivity index (χ0n) is 13.2. The third kappa shape index (κ3) is 9.30. The minimum atomic E-state index is 0.520. The van der Waals surface area contributed by atoms with Gasteiger partial charge in [0, 0.05) is 6.42 Å². The first-order chi connectivity index (χ1) is 9.88. The van der Waals surface area contributed by atoms with Crippen LogP contribution in [0.15, 0.2) is 12.2 Å². The summed E-state index contributed by atoms with van der Waals surface area (Å²) in [5.74, 6) is 0. The van der Waals surface area contributed by atoms with E-state index >= 15 is 0 Å². The summed E-state index contributed by atoms with van der Waals surface area (Å²) in [7, 11) is 0. The van der Waals surface area contributed by atoms with Gasteiger partial charge in [0.25, 0.3) is 0 Å². The van der Waals surface area contributed by atoms with Gasteiger partial charge < -0.3 is 9.53 Å². The zero-order chi connectivity index (χ0) is 14.5. The average molecular weight is 280 g/mol. The highest BCUT2D eigenvalue weighted by atomic mass is 16.6. The standard InChI is InChI=1S/C18H32O2/c1-2-3-11-14-17-18(20-17)15-12-9-7-5-4-6-8-10-13-16-19/h9,12,16-18H,2-8,10-11,13-15H2,1H3. The van der Waals surface area contributed by atoms with Gasteiger partial charge in [0.15, 0.2) is 0 Å². The molecule has 1 fully saturated rings. The molecule has 0 aromatic carbocycles. The molecule has 20 heavy (non-hydrogen) atoms. The maximum atomic E-state index is 10.1. The Hall–Kier alpha value is -0.630. The SMILES string of the molecule is CCCCCC1OC1CC=CCCCCCCCC=O. The lowest BCUT2D eigenvalue weighted by Gasteiger charge is -1.97. The van der Waals surface area contributed by atoms with Crippen LogP contribution in [0.5, 0.6) is 0 Å². The number of aldehydes is 1. The second kappa shape index (κ2) is 12.1.